The lowest BCUT2D eigenvalue weighted by Gasteiger charge is -2.43. The van der Waals surface area contributed by atoms with Crippen LogP contribution in [0.25, 0.3) is 0 Å². The van der Waals surface area contributed by atoms with Gasteiger partial charge >= 0.3 is 0 Å². The standard InChI is InChI=1S/C14H21BrO/c1-10(9-16)12-5-6-13-11(8-15)4-3-7-14(12,13)2/h8-10,12-13H,3-7H2,1-2H3/b11-8+. The highest BCUT2D eigenvalue weighted by atomic mass is 79.9. The minimum atomic E-state index is 0.227. The van der Waals surface area contributed by atoms with Crippen molar-refractivity contribution < 1.29 is 4.79 Å². The fraction of sp³-hybridized carbons (Fsp3) is 0.786. The van der Waals surface area contributed by atoms with Gasteiger partial charge in [0.1, 0.15) is 6.29 Å². The lowest BCUT2D eigenvalue weighted by Crippen LogP contribution is -2.36. The number of hydrogen-bond acceptors (Lipinski definition) is 1. The van der Waals surface area contributed by atoms with E-state index < -0.39 is 0 Å². The number of fused-ring (bicyclic) bond motifs is 1. The molecule has 4 atom stereocenters. The summed E-state index contributed by atoms with van der Waals surface area (Å²) >= 11 is 3.51. The van der Waals surface area contributed by atoms with E-state index in [0.29, 0.717) is 17.3 Å². The molecule has 2 rings (SSSR count). The lowest BCUT2D eigenvalue weighted by molar-refractivity contribution is -0.113. The Bertz CT molecular complexity index is 310. The van der Waals surface area contributed by atoms with Crippen LogP contribution in [-0.2, 0) is 4.79 Å². The second kappa shape index (κ2) is 4.64. The molecule has 0 aromatic heterocycles. The highest BCUT2D eigenvalue weighted by Gasteiger charge is 2.50. The van der Waals surface area contributed by atoms with Crippen LogP contribution >= 0.6 is 15.9 Å². The molecule has 2 saturated carbocycles. The Labute approximate surface area is 107 Å². The third-order valence-electron chi connectivity index (χ3n) is 5.03. The third kappa shape index (κ3) is 1.79. The smallest absolute Gasteiger partial charge is 0.123 e. The average Bonchev–Trinajstić information content (AvgIpc) is 2.64. The van der Waals surface area contributed by atoms with E-state index in [1.54, 1.807) is 5.57 Å². The monoisotopic (exact) mass is 284 g/mol. The topological polar surface area (TPSA) is 17.1 Å². The number of hydrogen-bond donors (Lipinski definition) is 0. The zero-order chi connectivity index (χ0) is 11.8. The second-order valence-electron chi connectivity index (χ2n) is 5.78. The first kappa shape index (κ1) is 12.3. The summed E-state index contributed by atoms with van der Waals surface area (Å²) in [5.41, 5.74) is 1.95. The van der Waals surface area contributed by atoms with E-state index in [1.165, 1.54) is 32.1 Å². The summed E-state index contributed by atoms with van der Waals surface area (Å²) in [6, 6.07) is 0. The highest BCUT2D eigenvalue weighted by Crippen LogP contribution is 2.59. The van der Waals surface area contributed by atoms with Gasteiger partial charge in [0.05, 0.1) is 0 Å². The number of rotatable bonds is 2. The summed E-state index contributed by atoms with van der Waals surface area (Å²) in [5.74, 6) is 1.54. The first-order valence-corrected chi connectivity index (χ1v) is 7.29. The van der Waals surface area contributed by atoms with Crippen molar-refractivity contribution in [1.29, 1.82) is 0 Å². The van der Waals surface area contributed by atoms with Crippen LogP contribution in [0.1, 0.15) is 46.0 Å². The molecule has 90 valence electrons. The van der Waals surface area contributed by atoms with Gasteiger partial charge < -0.3 is 4.79 Å². The second-order valence-corrected chi connectivity index (χ2v) is 6.23. The Kier molecular flexibility index (Phi) is 3.58. The molecule has 2 heteroatoms. The Hall–Kier alpha value is -0.110. The van der Waals surface area contributed by atoms with E-state index in [-0.39, 0.29) is 5.92 Å². The van der Waals surface area contributed by atoms with Crippen molar-refractivity contribution in [2.24, 2.45) is 23.2 Å². The van der Waals surface area contributed by atoms with Gasteiger partial charge in [-0.25, -0.2) is 0 Å². The molecule has 2 aliphatic rings. The maximum Gasteiger partial charge on any atom is 0.123 e. The highest BCUT2D eigenvalue weighted by molar-refractivity contribution is 9.11. The Morgan fingerprint density at radius 2 is 2.25 bits per heavy atom. The molecule has 0 aliphatic heterocycles. The minimum absolute atomic E-state index is 0.227. The summed E-state index contributed by atoms with van der Waals surface area (Å²) in [6.07, 6.45) is 7.48. The van der Waals surface area contributed by atoms with Gasteiger partial charge in [0.15, 0.2) is 0 Å². The quantitative estimate of drug-likeness (QED) is 0.691. The molecule has 2 fully saturated rings. The largest absolute Gasteiger partial charge is 0.303 e. The number of carbonyl (C=O) groups excluding carboxylic acids is 1. The zero-order valence-electron chi connectivity index (χ0n) is 10.2. The van der Waals surface area contributed by atoms with Gasteiger partial charge in [0.2, 0.25) is 0 Å². The van der Waals surface area contributed by atoms with Crippen LogP contribution in [0, 0.1) is 23.2 Å². The Morgan fingerprint density at radius 1 is 1.50 bits per heavy atom. The predicted octanol–water partition coefficient (Wildman–Crippen LogP) is 4.32. The summed E-state index contributed by atoms with van der Waals surface area (Å²) in [7, 11) is 0. The van der Waals surface area contributed by atoms with Gasteiger partial charge in [0.25, 0.3) is 0 Å². The van der Waals surface area contributed by atoms with Gasteiger partial charge in [-0.1, -0.05) is 35.4 Å². The summed E-state index contributed by atoms with van der Waals surface area (Å²) < 4.78 is 0. The number of allylic oxidation sites excluding steroid dienone is 1. The van der Waals surface area contributed by atoms with Crippen LogP contribution in [0.2, 0.25) is 0 Å². The molecule has 0 N–H and O–H groups in total. The van der Waals surface area contributed by atoms with Crippen molar-refractivity contribution >= 4 is 22.2 Å². The van der Waals surface area contributed by atoms with Crippen LogP contribution in [-0.4, -0.2) is 6.29 Å². The van der Waals surface area contributed by atoms with Crippen LogP contribution < -0.4 is 0 Å². The summed E-state index contributed by atoms with van der Waals surface area (Å²) in [5, 5.41) is 0. The Balaban J connectivity index is 2.27. The van der Waals surface area contributed by atoms with Crippen LogP contribution in [0.3, 0.4) is 0 Å². The molecule has 0 bridgehead atoms. The number of halogens is 1. The molecule has 0 heterocycles. The van der Waals surface area contributed by atoms with Crippen molar-refractivity contribution in [3.05, 3.63) is 10.6 Å². The third-order valence-corrected chi connectivity index (χ3v) is 5.62. The molecule has 0 saturated heterocycles. The molecule has 2 aliphatic carbocycles. The van der Waals surface area contributed by atoms with Crippen molar-refractivity contribution in [1.82, 2.24) is 0 Å². The Morgan fingerprint density at radius 3 is 2.88 bits per heavy atom. The maximum absolute atomic E-state index is 11.0. The molecule has 4 unspecified atom stereocenters. The molecule has 1 nitrogen and oxygen atoms in total. The van der Waals surface area contributed by atoms with E-state index in [4.69, 9.17) is 0 Å². The van der Waals surface area contributed by atoms with Crippen molar-refractivity contribution in [2.75, 3.05) is 0 Å². The predicted molar refractivity (Wildman–Crippen MR) is 70.4 cm³/mol. The number of aldehydes is 1. The van der Waals surface area contributed by atoms with Crippen molar-refractivity contribution in [2.45, 2.75) is 46.0 Å². The van der Waals surface area contributed by atoms with E-state index in [2.05, 4.69) is 34.8 Å². The van der Waals surface area contributed by atoms with E-state index in [1.807, 2.05) is 0 Å². The first-order chi connectivity index (χ1) is 7.63. The van der Waals surface area contributed by atoms with Crippen LogP contribution in [0.15, 0.2) is 10.6 Å². The first-order valence-electron chi connectivity index (χ1n) is 6.38. The molecule has 0 aromatic rings. The van der Waals surface area contributed by atoms with Crippen molar-refractivity contribution in [3.8, 4) is 0 Å². The van der Waals surface area contributed by atoms with Crippen LogP contribution in [0.4, 0.5) is 0 Å². The fourth-order valence-electron chi connectivity index (χ4n) is 4.17. The van der Waals surface area contributed by atoms with Gasteiger partial charge in [-0.2, -0.15) is 0 Å². The van der Waals surface area contributed by atoms with Gasteiger partial charge in [-0.05, 0) is 54.3 Å². The zero-order valence-corrected chi connectivity index (χ0v) is 11.8. The molecular weight excluding hydrogens is 264 g/mol. The molecule has 0 amide bonds. The van der Waals surface area contributed by atoms with E-state index in [9.17, 15) is 4.79 Å². The van der Waals surface area contributed by atoms with Crippen molar-refractivity contribution in [3.63, 3.8) is 0 Å². The molecular formula is C14H21BrO. The van der Waals surface area contributed by atoms with E-state index >= 15 is 0 Å². The van der Waals surface area contributed by atoms with Gasteiger partial charge in [-0.15, -0.1) is 0 Å². The fourth-order valence-corrected chi connectivity index (χ4v) is 4.72. The average molecular weight is 285 g/mol. The minimum Gasteiger partial charge on any atom is -0.303 e. The molecule has 0 aromatic carbocycles. The molecule has 16 heavy (non-hydrogen) atoms. The van der Waals surface area contributed by atoms with Crippen LogP contribution in [0.5, 0.6) is 0 Å². The molecule has 0 radical (unpaired) electrons. The van der Waals surface area contributed by atoms with E-state index in [0.717, 1.165) is 6.29 Å². The SMILES string of the molecule is CC(C=O)C1CCC2/C(=C/Br)CCCC21C. The summed E-state index contributed by atoms with van der Waals surface area (Å²) in [4.78, 5) is 13.2. The maximum atomic E-state index is 11.0. The van der Waals surface area contributed by atoms with Gasteiger partial charge in [-0.3, -0.25) is 0 Å². The lowest BCUT2D eigenvalue weighted by atomic mass is 9.61. The van der Waals surface area contributed by atoms with Gasteiger partial charge in [0, 0.05) is 5.92 Å². The number of carbonyl (C=O) groups is 1. The normalized spacial score (nSPS) is 43.1. The molecule has 0 spiro atoms. The summed E-state index contributed by atoms with van der Waals surface area (Å²) in [6.45, 7) is 4.50.